The number of nitro benzene ring substituents is 1. The number of H-pyrrole nitrogens is 1. The number of amides is 1. The fourth-order valence-electron chi connectivity index (χ4n) is 11.5. The van der Waals surface area contributed by atoms with Gasteiger partial charge in [0, 0.05) is 61.1 Å². The first-order valence-electron chi connectivity index (χ1n) is 24.5. The molecule has 0 unspecified atom stereocenters. The van der Waals surface area contributed by atoms with Crippen molar-refractivity contribution in [2.45, 2.75) is 113 Å². The summed E-state index contributed by atoms with van der Waals surface area (Å²) in [5.41, 5.74) is 2.92. The number of methoxy groups -OCH3 is 1. The predicted octanol–water partition coefficient (Wildman–Crippen LogP) is 8.81. The van der Waals surface area contributed by atoms with Crippen LogP contribution in [0.2, 0.25) is 0 Å². The number of aliphatic hydroxyl groups is 1. The van der Waals surface area contributed by atoms with Crippen LogP contribution >= 0.6 is 0 Å². The molecule has 18 heteroatoms. The number of carbonyl (C=O) groups is 1. The number of morpholine rings is 1. The molecule has 0 radical (unpaired) electrons. The lowest BCUT2D eigenvalue weighted by atomic mass is 9.59. The van der Waals surface area contributed by atoms with E-state index in [1.807, 2.05) is 13.0 Å². The second kappa shape index (κ2) is 19.0. The average Bonchev–Trinajstić information content (AvgIpc) is 3.80. The van der Waals surface area contributed by atoms with Gasteiger partial charge in [0.05, 0.1) is 47.3 Å². The molecule has 10 rings (SSSR count). The van der Waals surface area contributed by atoms with E-state index in [9.17, 15) is 28.4 Å². The summed E-state index contributed by atoms with van der Waals surface area (Å²) in [4.78, 5) is 37.9. The third-order valence-electron chi connectivity index (χ3n) is 15.5. The largest absolute Gasteiger partial charge is 0.486 e. The minimum Gasteiger partial charge on any atom is -0.486 e. The minimum absolute atomic E-state index is 0.0498. The molecule has 2 aromatic heterocycles. The van der Waals surface area contributed by atoms with Crippen LogP contribution in [0.25, 0.3) is 11.0 Å². The number of pyridine rings is 1. The number of anilines is 1. The normalized spacial score (nSPS) is 23.8. The highest BCUT2D eigenvalue weighted by molar-refractivity contribution is 7.90. The molecule has 17 nitrogen and oxygen atoms in total. The van der Waals surface area contributed by atoms with Crippen LogP contribution in [-0.2, 0) is 14.8 Å². The summed E-state index contributed by atoms with van der Waals surface area (Å²) in [7, 11) is -3.27. The monoisotopic (exact) mass is 978 g/mol. The lowest BCUT2D eigenvalue weighted by molar-refractivity contribution is -0.386. The van der Waals surface area contributed by atoms with Gasteiger partial charge in [-0.1, -0.05) is 38.1 Å². The van der Waals surface area contributed by atoms with Gasteiger partial charge in [0.15, 0.2) is 11.5 Å². The quantitative estimate of drug-likeness (QED) is 0.0745. The molecule has 3 aliphatic heterocycles. The van der Waals surface area contributed by atoms with E-state index in [1.54, 1.807) is 24.4 Å². The fraction of sp³-hybridized carbons (Fsp3) is 0.500. The summed E-state index contributed by atoms with van der Waals surface area (Å²) in [5.74, 6) is -0.232. The number of hydrogen-bond donors (Lipinski definition) is 3. The Morgan fingerprint density at radius 2 is 1.79 bits per heavy atom. The van der Waals surface area contributed by atoms with Crippen molar-refractivity contribution in [3.63, 3.8) is 0 Å². The molecule has 2 aliphatic carbocycles. The summed E-state index contributed by atoms with van der Waals surface area (Å²) < 4.78 is 60.3. The number of aromatic amines is 1. The number of fused-ring (bicyclic) bond motifs is 2. The van der Waals surface area contributed by atoms with Gasteiger partial charge < -0.3 is 38.7 Å². The molecule has 3 N–H and O–H groups in total. The molecule has 1 amide bonds. The topological polar surface area (TPSA) is 208 Å². The maximum Gasteiger partial charge on any atom is 0.316 e. The zero-order chi connectivity index (χ0) is 49.0. The van der Waals surface area contributed by atoms with Crippen molar-refractivity contribution in [2.24, 2.45) is 11.3 Å². The van der Waals surface area contributed by atoms with Gasteiger partial charge in [-0.15, -0.1) is 0 Å². The molecule has 1 spiro atoms. The van der Waals surface area contributed by atoms with E-state index in [0.29, 0.717) is 43.5 Å². The molecule has 70 heavy (non-hydrogen) atoms. The van der Waals surface area contributed by atoms with Crippen molar-refractivity contribution in [3.8, 4) is 28.9 Å². The summed E-state index contributed by atoms with van der Waals surface area (Å²) in [6, 6.07) is 20.1. The zero-order valence-corrected chi connectivity index (χ0v) is 41.0. The van der Waals surface area contributed by atoms with Gasteiger partial charge in [-0.25, -0.2) is 13.1 Å². The summed E-state index contributed by atoms with van der Waals surface area (Å²) in [6.45, 7) is 10.3. The van der Waals surface area contributed by atoms with Gasteiger partial charge in [-0.3, -0.25) is 19.8 Å². The molecule has 2 atom stereocenters. The maximum atomic E-state index is 14.2. The Balaban J connectivity index is 0.866. The molecule has 5 heterocycles. The maximum absolute atomic E-state index is 14.2. The number of nitrogens with zero attached hydrogens (tertiary/aromatic N) is 4. The van der Waals surface area contributed by atoms with Gasteiger partial charge in [0.1, 0.15) is 24.1 Å². The van der Waals surface area contributed by atoms with Gasteiger partial charge in [-0.05, 0) is 117 Å². The number of carbonyl (C=O) groups excluding carboxylic acids is 1. The first-order valence-corrected chi connectivity index (χ1v) is 26.0. The van der Waals surface area contributed by atoms with Crippen LogP contribution in [0.4, 0.5) is 11.4 Å². The smallest absolute Gasteiger partial charge is 0.316 e. The molecule has 2 saturated carbocycles. The van der Waals surface area contributed by atoms with Crippen molar-refractivity contribution in [2.75, 3.05) is 51.5 Å². The zero-order valence-electron chi connectivity index (χ0n) is 40.1. The number of sulfonamides is 1. The van der Waals surface area contributed by atoms with Gasteiger partial charge in [0.25, 0.3) is 21.8 Å². The molecule has 5 aromatic rings. The van der Waals surface area contributed by atoms with Crippen molar-refractivity contribution in [3.05, 3.63) is 99.7 Å². The Morgan fingerprint density at radius 1 is 1.01 bits per heavy atom. The van der Waals surface area contributed by atoms with Crippen molar-refractivity contribution >= 4 is 38.3 Å². The standard InChI is InChI=1S/C52H62N6O11S/c1-32(2)39-7-5-6-8-40(39)43-31-66-22-21-57(43)36-28-52(29-36)16-19-56(20-17-52)35-9-10-41(44(25-35)69-46-24-34-13-18-53-48(34)54-50(46)65-4)49(59)55-70(63,64)38-26-42(58(61)62)47-45(27-38)67-30-37(68-47)23-33-11-14-51(3,60)15-12-33/h5-10,13,18,24-27,32-33,36-37,43,60H,11-12,14-17,19-23,28-31H2,1-4H3,(H,53,54)(H,55,59)/t33-,37-,43+,51-/m1/s1. The van der Waals surface area contributed by atoms with E-state index in [4.69, 9.17) is 23.7 Å². The van der Waals surface area contributed by atoms with Crippen molar-refractivity contribution in [1.82, 2.24) is 19.6 Å². The number of hydrogen-bond acceptors (Lipinski definition) is 14. The van der Waals surface area contributed by atoms with Gasteiger partial charge in [-0.2, -0.15) is 4.98 Å². The Labute approximate surface area is 408 Å². The Morgan fingerprint density at radius 3 is 2.53 bits per heavy atom. The van der Waals surface area contributed by atoms with E-state index in [0.717, 1.165) is 88.0 Å². The molecule has 372 valence electrons. The van der Waals surface area contributed by atoms with Crippen molar-refractivity contribution in [1.29, 1.82) is 0 Å². The summed E-state index contributed by atoms with van der Waals surface area (Å²) >= 11 is 0. The number of piperidine rings is 1. The highest BCUT2D eigenvalue weighted by atomic mass is 32.2. The van der Waals surface area contributed by atoms with Crippen LogP contribution in [0.3, 0.4) is 0 Å². The summed E-state index contributed by atoms with van der Waals surface area (Å²) in [6.07, 6.45) is 8.88. The molecule has 3 aromatic carbocycles. The molecule has 5 aliphatic rings. The first-order chi connectivity index (χ1) is 33.6. The second-order valence-corrected chi connectivity index (χ2v) is 22.2. The van der Waals surface area contributed by atoms with Crippen molar-refractivity contribution < 1.29 is 46.9 Å². The van der Waals surface area contributed by atoms with Crippen LogP contribution in [0.1, 0.15) is 112 Å². The minimum atomic E-state index is -4.73. The number of nitro groups is 1. The number of nitrogens with one attached hydrogen (secondary N) is 2. The van der Waals surface area contributed by atoms with E-state index in [1.165, 1.54) is 24.3 Å². The van der Waals surface area contributed by atoms with Crippen LogP contribution in [0, 0.1) is 21.4 Å². The third kappa shape index (κ3) is 9.62. The number of ether oxygens (including phenoxy) is 5. The Kier molecular flexibility index (Phi) is 12.9. The molecule has 2 saturated heterocycles. The van der Waals surface area contributed by atoms with Crippen LogP contribution in [-0.4, -0.2) is 104 Å². The number of benzene rings is 3. The highest BCUT2D eigenvalue weighted by Gasteiger charge is 2.50. The molecule has 0 bridgehead atoms. The first kappa shape index (κ1) is 47.7. The van der Waals surface area contributed by atoms with E-state index >= 15 is 0 Å². The van der Waals surface area contributed by atoms with E-state index in [2.05, 4.69) is 62.6 Å². The Bertz CT molecular complexity index is 2880. The van der Waals surface area contributed by atoms with Gasteiger partial charge in [0.2, 0.25) is 5.75 Å². The SMILES string of the molecule is COc1nc2[nH]ccc2cc1Oc1cc(N2CCC3(CC2)CC(N2CCOC[C@H]2c2ccccc2C(C)C)C3)ccc1C(=O)NS(=O)(=O)c1cc2c(c([N+](=O)[O-])c1)O[C@H](C[C@H]1CC[C@](C)(O)CC1)CO2. The van der Waals surface area contributed by atoms with E-state index in [-0.39, 0.29) is 58.4 Å². The molecular weight excluding hydrogens is 917 g/mol. The number of aromatic nitrogens is 2. The van der Waals surface area contributed by atoms with E-state index < -0.39 is 43.1 Å². The van der Waals surface area contributed by atoms with Gasteiger partial charge >= 0.3 is 5.69 Å². The summed E-state index contributed by atoms with van der Waals surface area (Å²) in [5, 5.41) is 23.5. The third-order valence-corrected chi connectivity index (χ3v) is 16.8. The predicted molar refractivity (Wildman–Crippen MR) is 262 cm³/mol. The lowest BCUT2D eigenvalue weighted by Crippen LogP contribution is -2.58. The van der Waals surface area contributed by atoms with Crippen LogP contribution < -0.4 is 28.6 Å². The Hall–Kier alpha value is -5.95. The molecular formula is C52H62N6O11S. The highest BCUT2D eigenvalue weighted by Crippen LogP contribution is 2.53. The lowest BCUT2D eigenvalue weighted by Gasteiger charge is -2.57. The second-order valence-electron chi connectivity index (χ2n) is 20.5. The molecule has 4 fully saturated rings. The van der Waals surface area contributed by atoms with Crippen LogP contribution in [0.5, 0.6) is 28.9 Å². The number of rotatable bonds is 13. The fourth-order valence-corrected chi connectivity index (χ4v) is 12.5. The average molecular weight is 979 g/mol. The van der Waals surface area contributed by atoms with Crippen LogP contribution in [0.15, 0.2) is 77.8 Å².